The number of amidine groups is 1. The standard InChI is InChI=1S/C16H16ClN5/c1-21-14-12(7-9-18-14)15(20-16(21)17)22-13(8-10-19-22)11-5-3-2-4-6-11/h2-7,9-10,13,16,18H,8H2,1H3. The van der Waals surface area contributed by atoms with Crippen LogP contribution in [0.3, 0.4) is 0 Å². The lowest BCUT2D eigenvalue weighted by atomic mass is 10.0. The molecule has 4 rings (SSSR count). The van der Waals surface area contributed by atoms with Gasteiger partial charge < -0.3 is 9.88 Å². The quantitative estimate of drug-likeness (QED) is 0.649. The molecule has 3 heterocycles. The molecule has 1 aromatic heterocycles. The average Bonchev–Trinajstić information content (AvgIpc) is 3.21. The summed E-state index contributed by atoms with van der Waals surface area (Å²) in [7, 11) is 1.93. The second-order valence-electron chi connectivity index (χ2n) is 5.42. The SMILES string of the molecule is CN1c2[nH]ccc2C(N2N=CCC2c2ccccc2)=NC1Cl. The van der Waals surface area contributed by atoms with Gasteiger partial charge in [0.1, 0.15) is 5.82 Å². The Morgan fingerprint density at radius 3 is 2.86 bits per heavy atom. The van der Waals surface area contributed by atoms with Crippen molar-refractivity contribution in [2.75, 3.05) is 11.9 Å². The van der Waals surface area contributed by atoms with Gasteiger partial charge in [-0.1, -0.05) is 41.9 Å². The summed E-state index contributed by atoms with van der Waals surface area (Å²) in [5, 5.41) is 6.52. The number of fused-ring (bicyclic) bond motifs is 1. The molecule has 0 saturated heterocycles. The van der Waals surface area contributed by atoms with E-state index in [1.54, 1.807) is 0 Å². The van der Waals surface area contributed by atoms with Crippen molar-refractivity contribution in [3.63, 3.8) is 0 Å². The molecule has 1 N–H and O–H groups in total. The van der Waals surface area contributed by atoms with E-state index in [4.69, 9.17) is 11.6 Å². The van der Waals surface area contributed by atoms with Crippen molar-refractivity contribution in [3.8, 4) is 0 Å². The number of benzene rings is 1. The number of nitrogens with one attached hydrogen (secondary N) is 1. The zero-order valence-electron chi connectivity index (χ0n) is 12.1. The highest BCUT2D eigenvalue weighted by Crippen LogP contribution is 2.35. The largest absolute Gasteiger partial charge is 0.348 e. The van der Waals surface area contributed by atoms with Crippen LogP contribution in [0, 0.1) is 0 Å². The molecule has 112 valence electrons. The summed E-state index contributed by atoms with van der Waals surface area (Å²) >= 11 is 6.36. The molecule has 0 radical (unpaired) electrons. The maximum atomic E-state index is 6.36. The van der Waals surface area contributed by atoms with Gasteiger partial charge in [-0.2, -0.15) is 5.10 Å². The summed E-state index contributed by atoms with van der Waals surface area (Å²) in [5.74, 6) is 1.79. The van der Waals surface area contributed by atoms with Crippen molar-refractivity contribution < 1.29 is 0 Å². The second-order valence-corrected chi connectivity index (χ2v) is 5.81. The molecule has 0 aliphatic carbocycles. The predicted octanol–water partition coefficient (Wildman–Crippen LogP) is 3.17. The van der Waals surface area contributed by atoms with Crippen molar-refractivity contribution in [1.29, 1.82) is 0 Å². The molecule has 0 fully saturated rings. The van der Waals surface area contributed by atoms with Gasteiger partial charge >= 0.3 is 0 Å². The first-order valence-electron chi connectivity index (χ1n) is 7.25. The molecule has 6 heteroatoms. The van der Waals surface area contributed by atoms with Crippen molar-refractivity contribution >= 4 is 29.5 Å². The van der Waals surface area contributed by atoms with Gasteiger partial charge in [0.25, 0.3) is 0 Å². The number of hydrogen-bond donors (Lipinski definition) is 1. The third-order valence-corrected chi connectivity index (χ3v) is 4.49. The van der Waals surface area contributed by atoms with Crippen LogP contribution in [0.4, 0.5) is 5.82 Å². The normalized spacial score (nSPS) is 23.6. The Balaban J connectivity index is 1.75. The number of anilines is 1. The number of hydrogen-bond acceptors (Lipinski definition) is 4. The van der Waals surface area contributed by atoms with Gasteiger partial charge in [-0.3, -0.25) is 0 Å². The van der Waals surface area contributed by atoms with Gasteiger partial charge in [0, 0.05) is 25.9 Å². The monoisotopic (exact) mass is 313 g/mol. The average molecular weight is 314 g/mol. The summed E-state index contributed by atoms with van der Waals surface area (Å²) in [6, 6.07) is 12.5. The van der Waals surface area contributed by atoms with Crippen molar-refractivity contribution in [3.05, 3.63) is 53.7 Å². The third-order valence-electron chi connectivity index (χ3n) is 4.10. The molecule has 0 bridgehead atoms. The molecule has 1 aromatic carbocycles. The number of rotatable bonds is 1. The van der Waals surface area contributed by atoms with Crippen LogP contribution in [0.1, 0.15) is 23.6 Å². The van der Waals surface area contributed by atoms with E-state index in [0.29, 0.717) is 0 Å². The second kappa shape index (κ2) is 5.18. The number of H-pyrrole nitrogens is 1. The lowest BCUT2D eigenvalue weighted by Gasteiger charge is -2.32. The summed E-state index contributed by atoms with van der Waals surface area (Å²) in [6.45, 7) is 0. The zero-order chi connectivity index (χ0) is 15.1. The van der Waals surface area contributed by atoms with E-state index >= 15 is 0 Å². The van der Waals surface area contributed by atoms with Gasteiger partial charge in [0.2, 0.25) is 5.62 Å². The highest BCUT2D eigenvalue weighted by atomic mass is 35.5. The molecule has 0 saturated carbocycles. The topological polar surface area (TPSA) is 47.0 Å². The maximum absolute atomic E-state index is 6.36. The van der Waals surface area contributed by atoms with Crippen LogP contribution in [0.5, 0.6) is 0 Å². The van der Waals surface area contributed by atoms with Crippen LogP contribution >= 0.6 is 11.6 Å². The van der Waals surface area contributed by atoms with Crippen molar-refractivity contribution in [1.82, 2.24) is 9.99 Å². The minimum absolute atomic E-state index is 0.162. The number of halogens is 1. The van der Waals surface area contributed by atoms with Crippen LogP contribution < -0.4 is 4.90 Å². The number of aromatic nitrogens is 1. The van der Waals surface area contributed by atoms with Gasteiger partial charge in [0.05, 0.1) is 11.6 Å². The number of aliphatic imine (C=N–C) groups is 1. The Morgan fingerprint density at radius 1 is 1.23 bits per heavy atom. The minimum Gasteiger partial charge on any atom is -0.348 e. The Bertz CT molecular complexity index is 736. The van der Waals surface area contributed by atoms with Crippen LogP contribution in [0.25, 0.3) is 0 Å². The van der Waals surface area contributed by atoms with Crippen LogP contribution in [-0.4, -0.2) is 34.7 Å². The third kappa shape index (κ3) is 2.01. The molecule has 2 aliphatic rings. The number of aromatic amines is 1. The van der Waals surface area contributed by atoms with E-state index < -0.39 is 5.62 Å². The number of nitrogens with zero attached hydrogens (tertiary/aromatic N) is 4. The molecule has 5 nitrogen and oxygen atoms in total. The van der Waals surface area contributed by atoms with Crippen LogP contribution in [-0.2, 0) is 0 Å². The van der Waals surface area contributed by atoms with Crippen LogP contribution in [0.2, 0.25) is 0 Å². The Kier molecular flexibility index (Phi) is 3.15. The van der Waals surface area contributed by atoms with E-state index in [1.165, 1.54) is 5.56 Å². The molecule has 22 heavy (non-hydrogen) atoms. The van der Waals surface area contributed by atoms with Gasteiger partial charge in [-0.15, -0.1) is 0 Å². The van der Waals surface area contributed by atoms with E-state index in [9.17, 15) is 0 Å². The Labute approximate surface area is 133 Å². The Hall–Kier alpha value is -2.27. The van der Waals surface area contributed by atoms with E-state index in [2.05, 4.69) is 27.2 Å². The smallest absolute Gasteiger partial charge is 0.201 e. The fourth-order valence-electron chi connectivity index (χ4n) is 2.95. The fraction of sp³-hybridized carbons (Fsp3) is 0.250. The molecule has 2 aromatic rings. The lowest BCUT2D eigenvalue weighted by Crippen LogP contribution is -2.38. The summed E-state index contributed by atoms with van der Waals surface area (Å²) < 4.78 is 0. The molecule has 2 aliphatic heterocycles. The van der Waals surface area contributed by atoms with Gasteiger partial charge in [0.15, 0.2) is 5.84 Å². The van der Waals surface area contributed by atoms with Gasteiger partial charge in [-0.25, -0.2) is 10.0 Å². The first-order valence-corrected chi connectivity index (χ1v) is 7.68. The van der Waals surface area contributed by atoms with Crippen LogP contribution in [0.15, 0.2) is 52.7 Å². The molecule has 2 atom stereocenters. The predicted molar refractivity (Wildman–Crippen MR) is 89.5 cm³/mol. The molecule has 0 spiro atoms. The molecule has 2 unspecified atom stereocenters. The molecular formula is C16H16ClN5. The van der Waals surface area contributed by atoms with E-state index in [-0.39, 0.29) is 6.04 Å². The van der Waals surface area contributed by atoms with E-state index in [1.807, 2.05) is 53.6 Å². The number of alkyl halides is 1. The summed E-state index contributed by atoms with van der Waals surface area (Å²) in [6.07, 6.45) is 4.71. The van der Waals surface area contributed by atoms with Crippen molar-refractivity contribution in [2.45, 2.75) is 18.1 Å². The summed E-state index contributed by atoms with van der Waals surface area (Å²) in [5.41, 5.74) is 1.82. The Morgan fingerprint density at radius 2 is 2.05 bits per heavy atom. The maximum Gasteiger partial charge on any atom is 0.201 e. The summed E-state index contributed by atoms with van der Waals surface area (Å²) in [4.78, 5) is 9.78. The fourth-order valence-corrected chi connectivity index (χ4v) is 3.14. The van der Waals surface area contributed by atoms with Gasteiger partial charge in [-0.05, 0) is 11.6 Å². The highest BCUT2D eigenvalue weighted by Gasteiger charge is 2.33. The highest BCUT2D eigenvalue weighted by molar-refractivity contribution is 6.24. The molecule has 0 amide bonds. The van der Waals surface area contributed by atoms with Crippen molar-refractivity contribution in [2.24, 2.45) is 10.1 Å². The lowest BCUT2D eigenvalue weighted by molar-refractivity contribution is 0.368. The minimum atomic E-state index is -0.437. The number of hydrazone groups is 1. The first-order chi connectivity index (χ1) is 10.8. The zero-order valence-corrected chi connectivity index (χ0v) is 12.9. The van der Waals surface area contributed by atoms with E-state index in [0.717, 1.165) is 23.6 Å². The first kappa shape index (κ1) is 13.4. The molecular weight excluding hydrogens is 298 g/mol.